The molecule has 1 unspecified atom stereocenters. The molecule has 0 fully saturated rings. The van der Waals surface area contributed by atoms with E-state index < -0.39 is 27.9 Å². The lowest BCUT2D eigenvalue weighted by Gasteiger charge is -2.12. The zero-order chi connectivity index (χ0) is 14.8. The van der Waals surface area contributed by atoms with E-state index in [2.05, 4.69) is 4.72 Å². The summed E-state index contributed by atoms with van der Waals surface area (Å²) < 4.78 is 25.9. The molecular weight excluding hydrogens is 272 g/mol. The summed E-state index contributed by atoms with van der Waals surface area (Å²) in [6.07, 6.45) is 0. The first-order chi connectivity index (χ1) is 8.65. The van der Waals surface area contributed by atoms with Crippen molar-refractivity contribution in [2.75, 3.05) is 0 Å². The Bertz CT molecular complexity index is 624. The van der Waals surface area contributed by atoms with Crippen LogP contribution in [0.15, 0.2) is 23.1 Å². The van der Waals surface area contributed by atoms with Crippen molar-refractivity contribution in [3.8, 4) is 0 Å². The number of hydrogen-bond acceptors (Lipinski definition) is 4. The Kier molecular flexibility index (Phi) is 4.28. The second kappa shape index (κ2) is 5.37. The Morgan fingerprint density at radius 2 is 1.95 bits per heavy atom. The number of hydrogen-bond donors (Lipinski definition) is 3. The maximum Gasteiger partial charge on any atom is 0.335 e. The summed E-state index contributed by atoms with van der Waals surface area (Å²) in [7, 11) is -3.99. The number of aryl methyl sites for hydroxylation is 1. The van der Waals surface area contributed by atoms with E-state index in [0.29, 0.717) is 5.56 Å². The van der Waals surface area contributed by atoms with Gasteiger partial charge in [-0.2, -0.15) is 4.72 Å². The Hall–Kier alpha value is -1.93. The fraction of sp³-hybridized carbons (Fsp3) is 0.273. The number of rotatable bonds is 5. The van der Waals surface area contributed by atoms with Gasteiger partial charge in [0.15, 0.2) is 0 Å². The van der Waals surface area contributed by atoms with Crippen LogP contribution in [0.3, 0.4) is 0 Å². The van der Waals surface area contributed by atoms with Crippen LogP contribution in [0.2, 0.25) is 0 Å². The predicted octanol–water partition coefficient (Wildman–Crippen LogP) is -0.155. The quantitative estimate of drug-likeness (QED) is 0.693. The van der Waals surface area contributed by atoms with E-state index in [-0.39, 0.29) is 10.5 Å². The molecule has 0 saturated carbocycles. The third-order valence-corrected chi connectivity index (χ3v) is 4.05. The van der Waals surface area contributed by atoms with Crippen LogP contribution in [0.1, 0.15) is 22.8 Å². The van der Waals surface area contributed by atoms with Gasteiger partial charge >= 0.3 is 5.97 Å². The van der Waals surface area contributed by atoms with Gasteiger partial charge in [-0.15, -0.1) is 0 Å². The van der Waals surface area contributed by atoms with E-state index >= 15 is 0 Å². The smallest absolute Gasteiger partial charge is 0.335 e. The van der Waals surface area contributed by atoms with Crippen molar-refractivity contribution in [2.24, 2.45) is 5.73 Å². The van der Waals surface area contributed by atoms with Crippen LogP contribution in [0, 0.1) is 6.92 Å². The molecule has 1 amide bonds. The average molecular weight is 286 g/mol. The fourth-order valence-corrected chi connectivity index (χ4v) is 2.60. The number of nitrogens with one attached hydrogen (secondary N) is 1. The maximum atomic E-state index is 11.9. The minimum absolute atomic E-state index is 0.116. The molecule has 0 heterocycles. The SMILES string of the molecule is Cc1ccc(S(=O)(=O)NC(C)C(N)=O)cc1C(=O)O. The zero-order valence-corrected chi connectivity index (χ0v) is 11.2. The van der Waals surface area contributed by atoms with Crippen molar-refractivity contribution in [1.29, 1.82) is 0 Å². The van der Waals surface area contributed by atoms with Gasteiger partial charge in [-0.1, -0.05) is 6.07 Å². The molecule has 1 aromatic carbocycles. The van der Waals surface area contributed by atoms with E-state index in [9.17, 15) is 18.0 Å². The van der Waals surface area contributed by atoms with Gasteiger partial charge in [-0.05, 0) is 31.5 Å². The normalized spacial score (nSPS) is 12.9. The van der Waals surface area contributed by atoms with Gasteiger partial charge in [0.1, 0.15) is 0 Å². The summed E-state index contributed by atoms with van der Waals surface area (Å²) in [5, 5.41) is 8.94. The van der Waals surface area contributed by atoms with Crippen molar-refractivity contribution in [2.45, 2.75) is 24.8 Å². The van der Waals surface area contributed by atoms with Gasteiger partial charge < -0.3 is 10.8 Å². The van der Waals surface area contributed by atoms with E-state index in [0.717, 1.165) is 6.07 Å². The average Bonchev–Trinajstić information content (AvgIpc) is 2.27. The molecule has 0 radical (unpaired) electrons. The van der Waals surface area contributed by atoms with E-state index in [1.54, 1.807) is 6.92 Å². The van der Waals surface area contributed by atoms with Crippen molar-refractivity contribution in [3.63, 3.8) is 0 Å². The summed E-state index contributed by atoms with van der Waals surface area (Å²) in [5.41, 5.74) is 5.29. The number of carboxylic acid groups (broad SMARTS) is 1. The number of carbonyl (C=O) groups is 2. The first kappa shape index (κ1) is 15.1. The Balaban J connectivity index is 3.19. The molecule has 0 spiro atoms. The zero-order valence-electron chi connectivity index (χ0n) is 10.4. The number of aromatic carboxylic acids is 1. The molecule has 0 aliphatic heterocycles. The Morgan fingerprint density at radius 3 is 2.42 bits per heavy atom. The predicted molar refractivity (Wildman–Crippen MR) is 67.1 cm³/mol. The first-order valence-electron chi connectivity index (χ1n) is 5.30. The molecule has 0 aromatic heterocycles. The number of primary amides is 1. The Morgan fingerprint density at radius 1 is 1.37 bits per heavy atom. The van der Waals surface area contributed by atoms with Crippen LogP contribution in [-0.4, -0.2) is 31.4 Å². The summed E-state index contributed by atoms with van der Waals surface area (Å²) in [6, 6.07) is 2.60. The monoisotopic (exact) mass is 286 g/mol. The second-order valence-corrected chi connectivity index (χ2v) is 5.74. The molecule has 0 aliphatic carbocycles. The van der Waals surface area contributed by atoms with Crippen molar-refractivity contribution in [1.82, 2.24) is 4.72 Å². The molecule has 0 aliphatic rings. The molecule has 0 bridgehead atoms. The molecule has 1 atom stereocenters. The third kappa shape index (κ3) is 3.52. The van der Waals surface area contributed by atoms with Crippen molar-refractivity contribution in [3.05, 3.63) is 29.3 Å². The summed E-state index contributed by atoms with van der Waals surface area (Å²) in [4.78, 5) is 21.5. The highest BCUT2D eigenvalue weighted by Crippen LogP contribution is 2.16. The summed E-state index contributed by atoms with van der Waals surface area (Å²) in [5.74, 6) is -2.05. The lowest BCUT2D eigenvalue weighted by atomic mass is 10.1. The Labute approximate surface area is 110 Å². The topological polar surface area (TPSA) is 127 Å². The minimum atomic E-state index is -3.99. The van der Waals surface area contributed by atoms with Crippen molar-refractivity contribution < 1.29 is 23.1 Å². The number of carboxylic acids is 1. The molecule has 4 N–H and O–H groups in total. The van der Waals surface area contributed by atoms with Gasteiger partial charge in [-0.3, -0.25) is 4.79 Å². The molecule has 1 aromatic rings. The van der Waals surface area contributed by atoms with Crippen molar-refractivity contribution >= 4 is 21.9 Å². The molecule has 1 rings (SSSR count). The first-order valence-corrected chi connectivity index (χ1v) is 6.79. The van der Waals surface area contributed by atoms with Gasteiger partial charge in [0.25, 0.3) is 0 Å². The van der Waals surface area contributed by atoms with Crippen LogP contribution in [-0.2, 0) is 14.8 Å². The van der Waals surface area contributed by atoms with Gasteiger partial charge in [0, 0.05) is 0 Å². The molecule has 7 nitrogen and oxygen atoms in total. The second-order valence-electron chi connectivity index (χ2n) is 4.03. The highest BCUT2D eigenvalue weighted by Gasteiger charge is 2.22. The van der Waals surface area contributed by atoms with Gasteiger partial charge in [0.05, 0.1) is 16.5 Å². The lowest BCUT2D eigenvalue weighted by molar-refractivity contribution is -0.119. The number of nitrogens with two attached hydrogens (primary N) is 1. The van der Waals surface area contributed by atoms with E-state index in [1.807, 2.05) is 0 Å². The van der Waals surface area contributed by atoms with Crippen LogP contribution < -0.4 is 10.5 Å². The lowest BCUT2D eigenvalue weighted by Crippen LogP contribution is -2.42. The number of carbonyl (C=O) groups excluding carboxylic acids is 1. The van der Waals surface area contributed by atoms with Gasteiger partial charge in [0.2, 0.25) is 15.9 Å². The van der Waals surface area contributed by atoms with Crippen LogP contribution in [0.4, 0.5) is 0 Å². The maximum absolute atomic E-state index is 11.9. The van der Waals surface area contributed by atoms with Gasteiger partial charge in [-0.25, -0.2) is 13.2 Å². The minimum Gasteiger partial charge on any atom is -0.478 e. The standard InChI is InChI=1S/C11H14N2O5S/c1-6-3-4-8(5-9(6)11(15)16)19(17,18)13-7(2)10(12)14/h3-5,7,13H,1-2H3,(H2,12,14)(H,15,16). The number of amides is 1. The van der Waals surface area contributed by atoms with Crippen LogP contribution >= 0.6 is 0 Å². The number of sulfonamides is 1. The molecule has 19 heavy (non-hydrogen) atoms. The summed E-state index contributed by atoms with van der Waals surface area (Å²) in [6.45, 7) is 2.85. The molecular formula is C11H14N2O5S. The molecule has 0 saturated heterocycles. The molecule has 104 valence electrons. The van der Waals surface area contributed by atoms with E-state index in [1.165, 1.54) is 19.1 Å². The fourth-order valence-electron chi connectivity index (χ4n) is 1.36. The highest BCUT2D eigenvalue weighted by molar-refractivity contribution is 7.89. The van der Waals surface area contributed by atoms with Crippen LogP contribution in [0.5, 0.6) is 0 Å². The summed E-state index contributed by atoms with van der Waals surface area (Å²) >= 11 is 0. The third-order valence-electron chi connectivity index (χ3n) is 2.51. The van der Waals surface area contributed by atoms with E-state index in [4.69, 9.17) is 10.8 Å². The van der Waals surface area contributed by atoms with Crippen LogP contribution in [0.25, 0.3) is 0 Å². The number of benzene rings is 1. The molecule has 8 heteroatoms. The highest BCUT2D eigenvalue weighted by atomic mass is 32.2. The largest absolute Gasteiger partial charge is 0.478 e.